The lowest BCUT2D eigenvalue weighted by molar-refractivity contribution is 0.395. The lowest BCUT2D eigenvalue weighted by Crippen LogP contribution is -2.33. The van der Waals surface area contributed by atoms with Gasteiger partial charge in [0.25, 0.3) is 0 Å². The summed E-state index contributed by atoms with van der Waals surface area (Å²) < 4.78 is 26.9. The molecule has 1 aliphatic carbocycles. The van der Waals surface area contributed by atoms with Crippen LogP contribution in [0.5, 0.6) is 0 Å². The van der Waals surface area contributed by atoms with Gasteiger partial charge in [0, 0.05) is 18.8 Å². The number of aryl methyl sites for hydroxylation is 1. The van der Waals surface area contributed by atoms with Crippen LogP contribution in [0.4, 0.5) is 5.69 Å². The number of benzene rings is 1. The van der Waals surface area contributed by atoms with Gasteiger partial charge in [-0.3, -0.25) is 0 Å². The maximum absolute atomic E-state index is 12.7. The highest BCUT2D eigenvalue weighted by Crippen LogP contribution is 2.32. The summed E-state index contributed by atoms with van der Waals surface area (Å²) in [6.07, 6.45) is 3.12. The first-order chi connectivity index (χ1) is 8.93. The minimum absolute atomic E-state index is 0.319. The first-order valence-electron chi connectivity index (χ1n) is 6.81. The third-order valence-corrected chi connectivity index (χ3v) is 5.19. The fourth-order valence-electron chi connectivity index (χ4n) is 2.22. The molecule has 1 aromatic rings. The monoisotopic (exact) mass is 282 g/mol. The Morgan fingerprint density at radius 1 is 1.32 bits per heavy atom. The Balaban J connectivity index is 2.31. The van der Waals surface area contributed by atoms with Gasteiger partial charge in [-0.05, 0) is 55.9 Å². The van der Waals surface area contributed by atoms with E-state index in [2.05, 4.69) is 0 Å². The van der Waals surface area contributed by atoms with Gasteiger partial charge in [0.05, 0.1) is 4.90 Å². The van der Waals surface area contributed by atoms with Crippen LogP contribution in [0.25, 0.3) is 0 Å². The highest BCUT2D eigenvalue weighted by molar-refractivity contribution is 7.89. The summed E-state index contributed by atoms with van der Waals surface area (Å²) in [6.45, 7) is 5.08. The van der Waals surface area contributed by atoms with Crippen LogP contribution in [0.3, 0.4) is 0 Å². The van der Waals surface area contributed by atoms with E-state index in [9.17, 15) is 8.42 Å². The van der Waals surface area contributed by atoms with Crippen LogP contribution in [0, 0.1) is 12.8 Å². The van der Waals surface area contributed by atoms with Crippen molar-refractivity contribution in [2.75, 3.05) is 18.8 Å². The van der Waals surface area contributed by atoms with Gasteiger partial charge in [-0.1, -0.05) is 6.92 Å². The van der Waals surface area contributed by atoms with E-state index < -0.39 is 10.0 Å². The molecule has 0 amide bonds. The van der Waals surface area contributed by atoms with Crippen molar-refractivity contribution in [3.63, 3.8) is 0 Å². The Morgan fingerprint density at radius 2 is 2.00 bits per heavy atom. The molecule has 4 nitrogen and oxygen atoms in total. The van der Waals surface area contributed by atoms with Crippen LogP contribution in [0.15, 0.2) is 23.1 Å². The summed E-state index contributed by atoms with van der Waals surface area (Å²) in [6, 6.07) is 5.03. The molecule has 1 saturated carbocycles. The molecule has 0 aromatic heterocycles. The zero-order valence-electron chi connectivity index (χ0n) is 11.6. The Hall–Kier alpha value is -1.07. The van der Waals surface area contributed by atoms with Gasteiger partial charge in [0.1, 0.15) is 0 Å². The standard InChI is InChI=1S/C14H22N2O2S/c1-3-6-16(10-12-4-5-12)19(17,18)14-8-11(2)7-13(15)9-14/h7-9,12H,3-6,10,15H2,1-2H3. The van der Waals surface area contributed by atoms with Crippen molar-refractivity contribution >= 4 is 15.7 Å². The Morgan fingerprint density at radius 3 is 2.53 bits per heavy atom. The smallest absolute Gasteiger partial charge is 0.243 e. The van der Waals surface area contributed by atoms with Crippen molar-refractivity contribution in [1.29, 1.82) is 0 Å². The fraction of sp³-hybridized carbons (Fsp3) is 0.571. The largest absolute Gasteiger partial charge is 0.399 e. The van der Waals surface area contributed by atoms with Crippen LogP contribution in [0.2, 0.25) is 0 Å². The van der Waals surface area contributed by atoms with E-state index in [1.54, 1.807) is 22.5 Å². The van der Waals surface area contributed by atoms with Crippen molar-refractivity contribution < 1.29 is 8.42 Å². The molecule has 106 valence electrons. The van der Waals surface area contributed by atoms with Gasteiger partial charge in [-0.2, -0.15) is 4.31 Å². The van der Waals surface area contributed by atoms with E-state index in [-0.39, 0.29) is 0 Å². The van der Waals surface area contributed by atoms with E-state index in [1.165, 1.54) is 0 Å². The van der Waals surface area contributed by atoms with Gasteiger partial charge in [-0.15, -0.1) is 0 Å². The Bertz CT molecular complexity index is 530. The summed E-state index contributed by atoms with van der Waals surface area (Å²) in [5.41, 5.74) is 7.14. The molecule has 0 bridgehead atoms. The Kier molecular flexibility index (Phi) is 4.16. The lowest BCUT2D eigenvalue weighted by Gasteiger charge is -2.22. The van der Waals surface area contributed by atoms with Crippen LogP contribution >= 0.6 is 0 Å². The van der Waals surface area contributed by atoms with Gasteiger partial charge < -0.3 is 5.73 Å². The first-order valence-corrected chi connectivity index (χ1v) is 8.25. The van der Waals surface area contributed by atoms with E-state index in [0.717, 1.165) is 24.8 Å². The summed E-state index contributed by atoms with van der Waals surface area (Å²) in [5, 5.41) is 0. The van der Waals surface area contributed by atoms with E-state index in [0.29, 0.717) is 29.6 Å². The van der Waals surface area contributed by atoms with Crippen molar-refractivity contribution in [3.05, 3.63) is 23.8 Å². The summed E-state index contributed by atoms with van der Waals surface area (Å²) in [4.78, 5) is 0.319. The highest BCUT2D eigenvalue weighted by atomic mass is 32.2. The lowest BCUT2D eigenvalue weighted by atomic mass is 10.2. The van der Waals surface area contributed by atoms with Gasteiger partial charge in [-0.25, -0.2) is 8.42 Å². The molecule has 0 saturated heterocycles. The van der Waals surface area contributed by atoms with Crippen molar-refractivity contribution in [2.45, 2.75) is 38.0 Å². The van der Waals surface area contributed by atoms with Crippen molar-refractivity contribution in [3.8, 4) is 0 Å². The summed E-state index contributed by atoms with van der Waals surface area (Å²) in [7, 11) is -3.41. The molecule has 19 heavy (non-hydrogen) atoms. The molecule has 2 rings (SSSR count). The normalized spacial score (nSPS) is 15.9. The van der Waals surface area contributed by atoms with E-state index in [1.807, 2.05) is 13.8 Å². The quantitative estimate of drug-likeness (QED) is 0.815. The van der Waals surface area contributed by atoms with Crippen LogP contribution in [-0.2, 0) is 10.0 Å². The van der Waals surface area contributed by atoms with E-state index in [4.69, 9.17) is 5.73 Å². The second kappa shape index (κ2) is 5.51. The molecule has 1 aromatic carbocycles. The molecule has 0 unspecified atom stereocenters. The minimum atomic E-state index is -3.41. The van der Waals surface area contributed by atoms with Gasteiger partial charge >= 0.3 is 0 Å². The van der Waals surface area contributed by atoms with Crippen LogP contribution in [-0.4, -0.2) is 25.8 Å². The molecule has 0 aliphatic heterocycles. The van der Waals surface area contributed by atoms with Gasteiger partial charge in [0.2, 0.25) is 10.0 Å². The predicted octanol–water partition coefficient (Wildman–Crippen LogP) is 2.39. The second-order valence-electron chi connectivity index (χ2n) is 5.39. The predicted molar refractivity (Wildman–Crippen MR) is 77.4 cm³/mol. The topological polar surface area (TPSA) is 63.4 Å². The molecular weight excluding hydrogens is 260 g/mol. The number of nitrogens with two attached hydrogens (primary N) is 1. The number of hydrogen-bond donors (Lipinski definition) is 1. The molecule has 0 atom stereocenters. The highest BCUT2D eigenvalue weighted by Gasteiger charge is 2.31. The number of nitrogen functional groups attached to an aromatic ring is 1. The number of hydrogen-bond acceptors (Lipinski definition) is 3. The van der Waals surface area contributed by atoms with Crippen LogP contribution in [0.1, 0.15) is 31.7 Å². The maximum atomic E-state index is 12.7. The number of rotatable bonds is 6. The summed E-state index contributed by atoms with van der Waals surface area (Å²) in [5.74, 6) is 0.545. The second-order valence-corrected chi connectivity index (χ2v) is 7.32. The average Bonchev–Trinajstić information content (AvgIpc) is 3.11. The maximum Gasteiger partial charge on any atom is 0.243 e. The molecule has 2 N–H and O–H groups in total. The molecule has 5 heteroatoms. The molecule has 1 fully saturated rings. The number of sulfonamides is 1. The Labute approximate surface area is 115 Å². The van der Waals surface area contributed by atoms with Crippen LogP contribution < -0.4 is 5.73 Å². The molecule has 0 radical (unpaired) electrons. The van der Waals surface area contributed by atoms with Gasteiger partial charge in [0.15, 0.2) is 0 Å². The number of anilines is 1. The molecule has 0 spiro atoms. The third-order valence-electron chi connectivity index (χ3n) is 3.34. The molecular formula is C14H22N2O2S. The number of nitrogens with zero attached hydrogens (tertiary/aromatic N) is 1. The third kappa shape index (κ3) is 3.48. The SMILES string of the molecule is CCCN(CC1CC1)S(=O)(=O)c1cc(C)cc(N)c1. The molecule has 0 heterocycles. The van der Waals surface area contributed by atoms with Crippen molar-refractivity contribution in [2.24, 2.45) is 5.92 Å². The zero-order valence-corrected chi connectivity index (χ0v) is 12.4. The first kappa shape index (κ1) is 14.3. The summed E-state index contributed by atoms with van der Waals surface area (Å²) >= 11 is 0. The zero-order chi connectivity index (χ0) is 14.0. The molecule has 1 aliphatic rings. The van der Waals surface area contributed by atoms with Crippen molar-refractivity contribution in [1.82, 2.24) is 4.31 Å². The minimum Gasteiger partial charge on any atom is -0.399 e. The van der Waals surface area contributed by atoms with E-state index >= 15 is 0 Å². The average molecular weight is 282 g/mol. The fourth-order valence-corrected chi connectivity index (χ4v) is 3.97.